The van der Waals surface area contributed by atoms with Crippen molar-refractivity contribution in [3.05, 3.63) is 41.1 Å². The number of nitrogens with zero attached hydrogens (tertiary/aromatic N) is 1. The van der Waals surface area contributed by atoms with Gasteiger partial charge >= 0.3 is 0 Å². The highest BCUT2D eigenvalue weighted by atomic mass is 16.3. The zero-order valence-electron chi connectivity index (χ0n) is 9.57. The molecule has 1 aromatic carbocycles. The van der Waals surface area contributed by atoms with Crippen LogP contribution in [-0.2, 0) is 6.61 Å². The zero-order valence-corrected chi connectivity index (χ0v) is 9.57. The number of hydrogen-bond acceptors (Lipinski definition) is 3. The molecule has 0 aliphatic carbocycles. The third kappa shape index (κ3) is 1.68. The molecule has 0 amide bonds. The standard InChI is InChI=1S/C13H16N2O/c1-8(14)13-10-5-3-4-6-12(10)15-9(2)11(13)7-16/h3-6,8,16H,7,14H2,1-2H3. The van der Waals surface area contributed by atoms with Crippen molar-refractivity contribution < 1.29 is 5.11 Å². The summed E-state index contributed by atoms with van der Waals surface area (Å²) < 4.78 is 0. The molecule has 84 valence electrons. The fourth-order valence-corrected chi connectivity index (χ4v) is 2.12. The minimum Gasteiger partial charge on any atom is -0.392 e. The molecule has 0 spiro atoms. The van der Waals surface area contributed by atoms with Gasteiger partial charge in [0, 0.05) is 22.7 Å². The highest BCUT2D eigenvalue weighted by Crippen LogP contribution is 2.27. The van der Waals surface area contributed by atoms with Crippen LogP contribution >= 0.6 is 0 Å². The summed E-state index contributed by atoms with van der Waals surface area (Å²) in [6.07, 6.45) is 0. The van der Waals surface area contributed by atoms with E-state index in [9.17, 15) is 5.11 Å². The van der Waals surface area contributed by atoms with Gasteiger partial charge in [-0.1, -0.05) is 18.2 Å². The van der Waals surface area contributed by atoms with E-state index >= 15 is 0 Å². The van der Waals surface area contributed by atoms with Gasteiger partial charge in [0.25, 0.3) is 0 Å². The van der Waals surface area contributed by atoms with Crippen LogP contribution in [0.3, 0.4) is 0 Å². The highest BCUT2D eigenvalue weighted by Gasteiger charge is 2.14. The fourth-order valence-electron chi connectivity index (χ4n) is 2.12. The van der Waals surface area contributed by atoms with Gasteiger partial charge in [-0.15, -0.1) is 0 Å². The zero-order chi connectivity index (χ0) is 11.7. The number of benzene rings is 1. The maximum absolute atomic E-state index is 9.41. The molecule has 0 aliphatic rings. The first-order valence-electron chi connectivity index (χ1n) is 5.39. The summed E-state index contributed by atoms with van der Waals surface area (Å²) in [5.41, 5.74) is 9.64. The first-order valence-corrected chi connectivity index (χ1v) is 5.39. The molecule has 16 heavy (non-hydrogen) atoms. The van der Waals surface area contributed by atoms with E-state index in [-0.39, 0.29) is 12.6 Å². The van der Waals surface area contributed by atoms with Crippen LogP contribution in [0.1, 0.15) is 29.8 Å². The minimum absolute atomic E-state index is 0.0134. The number of aromatic nitrogens is 1. The van der Waals surface area contributed by atoms with Crippen molar-refractivity contribution in [2.75, 3.05) is 0 Å². The Balaban J connectivity index is 2.87. The lowest BCUT2D eigenvalue weighted by Crippen LogP contribution is -2.11. The van der Waals surface area contributed by atoms with Gasteiger partial charge in [-0.3, -0.25) is 4.98 Å². The molecule has 0 bridgehead atoms. The van der Waals surface area contributed by atoms with Crippen molar-refractivity contribution in [2.45, 2.75) is 26.5 Å². The largest absolute Gasteiger partial charge is 0.392 e. The number of aliphatic hydroxyl groups is 1. The average molecular weight is 216 g/mol. The van der Waals surface area contributed by atoms with Gasteiger partial charge in [-0.2, -0.15) is 0 Å². The Labute approximate surface area is 94.9 Å². The molecule has 2 rings (SSSR count). The number of pyridine rings is 1. The number of aliphatic hydroxyl groups excluding tert-OH is 1. The topological polar surface area (TPSA) is 59.1 Å². The SMILES string of the molecule is Cc1nc2ccccc2c(C(C)N)c1CO. The summed E-state index contributed by atoms with van der Waals surface area (Å²) in [7, 11) is 0. The van der Waals surface area contributed by atoms with Gasteiger partial charge in [0.2, 0.25) is 0 Å². The van der Waals surface area contributed by atoms with Gasteiger partial charge in [0.05, 0.1) is 12.1 Å². The quantitative estimate of drug-likeness (QED) is 0.807. The Hall–Kier alpha value is -1.45. The normalized spacial score (nSPS) is 13.0. The van der Waals surface area contributed by atoms with Crippen LogP contribution in [-0.4, -0.2) is 10.1 Å². The average Bonchev–Trinajstić information content (AvgIpc) is 2.26. The minimum atomic E-state index is -0.103. The van der Waals surface area contributed by atoms with E-state index < -0.39 is 0 Å². The Morgan fingerprint density at radius 2 is 2.06 bits per heavy atom. The Kier molecular flexibility index (Phi) is 2.90. The Bertz CT molecular complexity index is 521. The molecule has 0 fully saturated rings. The molecule has 1 aromatic heterocycles. The van der Waals surface area contributed by atoms with Crippen LogP contribution in [0.15, 0.2) is 24.3 Å². The van der Waals surface area contributed by atoms with Gasteiger partial charge in [0.15, 0.2) is 0 Å². The number of hydrogen-bond donors (Lipinski definition) is 2. The van der Waals surface area contributed by atoms with Crippen LogP contribution in [0, 0.1) is 6.92 Å². The van der Waals surface area contributed by atoms with Gasteiger partial charge in [0.1, 0.15) is 0 Å². The van der Waals surface area contributed by atoms with Crippen molar-refractivity contribution >= 4 is 10.9 Å². The lowest BCUT2D eigenvalue weighted by atomic mass is 9.96. The molecule has 3 N–H and O–H groups in total. The van der Waals surface area contributed by atoms with E-state index in [4.69, 9.17) is 5.73 Å². The van der Waals surface area contributed by atoms with E-state index in [2.05, 4.69) is 4.98 Å². The van der Waals surface area contributed by atoms with Crippen molar-refractivity contribution in [2.24, 2.45) is 5.73 Å². The maximum Gasteiger partial charge on any atom is 0.0708 e. The number of para-hydroxylation sites is 1. The van der Waals surface area contributed by atoms with E-state index in [0.717, 1.165) is 27.7 Å². The summed E-state index contributed by atoms with van der Waals surface area (Å²) in [5, 5.41) is 10.4. The molecule has 3 nitrogen and oxygen atoms in total. The molecule has 3 heteroatoms. The van der Waals surface area contributed by atoms with Crippen molar-refractivity contribution in [1.82, 2.24) is 4.98 Å². The summed E-state index contributed by atoms with van der Waals surface area (Å²) >= 11 is 0. The molecule has 1 heterocycles. The molecule has 0 radical (unpaired) electrons. The predicted octanol–water partition coefficient (Wildman–Crippen LogP) is 2.06. The van der Waals surface area contributed by atoms with Gasteiger partial charge in [-0.25, -0.2) is 0 Å². The Morgan fingerprint density at radius 1 is 1.38 bits per heavy atom. The second-order valence-corrected chi connectivity index (χ2v) is 4.05. The first-order chi connectivity index (χ1) is 7.65. The Morgan fingerprint density at radius 3 is 2.69 bits per heavy atom. The van der Waals surface area contributed by atoms with Gasteiger partial charge in [-0.05, 0) is 25.5 Å². The van der Waals surface area contributed by atoms with Crippen molar-refractivity contribution in [1.29, 1.82) is 0 Å². The third-order valence-corrected chi connectivity index (χ3v) is 2.86. The number of fused-ring (bicyclic) bond motifs is 1. The number of rotatable bonds is 2. The van der Waals surface area contributed by atoms with Crippen LogP contribution in [0.5, 0.6) is 0 Å². The van der Waals surface area contributed by atoms with Crippen molar-refractivity contribution in [3.63, 3.8) is 0 Å². The molecule has 1 atom stereocenters. The van der Waals surface area contributed by atoms with E-state index in [1.54, 1.807) is 0 Å². The summed E-state index contributed by atoms with van der Waals surface area (Å²) in [6.45, 7) is 3.82. The molecular formula is C13H16N2O. The maximum atomic E-state index is 9.41. The van der Waals surface area contributed by atoms with Crippen LogP contribution in [0.4, 0.5) is 0 Å². The van der Waals surface area contributed by atoms with E-state index in [0.29, 0.717) is 0 Å². The molecule has 0 aliphatic heterocycles. The molecular weight excluding hydrogens is 200 g/mol. The van der Waals surface area contributed by atoms with E-state index in [1.165, 1.54) is 0 Å². The summed E-state index contributed by atoms with van der Waals surface area (Å²) in [5.74, 6) is 0. The predicted molar refractivity (Wildman–Crippen MR) is 65.0 cm³/mol. The van der Waals surface area contributed by atoms with Crippen LogP contribution < -0.4 is 5.73 Å². The second-order valence-electron chi connectivity index (χ2n) is 4.05. The molecule has 2 aromatic rings. The van der Waals surface area contributed by atoms with Crippen LogP contribution in [0.2, 0.25) is 0 Å². The van der Waals surface area contributed by atoms with E-state index in [1.807, 2.05) is 38.1 Å². The second kappa shape index (κ2) is 4.20. The summed E-state index contributed by atoms with van der Waals surface area (Å²) in [4.78, 5) is 4.47. The monoisotopic (exact) mass is 216 g/mol. The molecule has 1 unspecified atom stereocenters. The fraction of sp³-hybridized carbons (Fsp3) is 0.308. The molecule has 0 saturated heterocycles. The summed E-state index contributed by atoms with van der Waals surface area (Å²) in [6, 6.07) is 7.79. The number of aryl methyl sites for hydroxylation is 1. The van der Waals surface area contributed by atoms with Gasteiger partial charge < -0.3 is 10.8 Å². The van der Waals surface area contributed by atoms with Crippen molar-refractivity contribution in [3.8, 4) is 0 Å². The highest BCUT2D eigenvalue weighted by molar-refractivity contribution is 5.84. The third-order valence-electron chi connectivity index (χ3n) is 2.86. The molecule has 0 saturated carbocycles. The lowest BCUT2D eigenvalue weighted by Gasteiger charge is -2.16. The lowest BCUT2D eigenvalue weighted by molar-refractivity contribution is 0.279. The first kappa shape index (κ1) is 11.0. The smallest absolute Gasteiger partial charge is 0.0708 e. The van der Waals surface area contributed by atoms with Crippen LogP contribution in [0.25, 0.3) is 10.9 Å². The number of nitrogens with two attached hydrogens (primary N) is 1.